The molecule has 36 heavy (non-hydrogen) atoms. The lowest BCUT2D eigenvalue weighted by Gasteiger charge is -2.34. The number of unbranched alkanes of at least 4 members (excludes halogenated alkanes) is 1. The fourth-order valence-corrected chi connectivity index (χ4v) is 5.83. The lowest BCUT2D eigenvalue weighted by molar-refractivity contribution is -0.140. The van der Waals surface area contributed by atoms with Crippen molar-refractivity contribution < 1.29 is 19.5 Å². The first-order valence-electron chi connectivity index (χ1n) is 13.4. The van der Waals surface area contributed by atoms with E-state index in [-0.39, 0.29) is 36.2 Å². The van der Waals surface area contributed by atoms with Crippen LogP contribution in [0.15, 0.2) is 36.4 Å². The van der Waals surface area contributed by atoms with Gasteiger partial charge in [-0.15, -0.1) is 0 Å². The molecule has 3 amide bonds. The molecule has 0 bridgehead atoms. The Hall–Kier alpha value is -2.87. The molecular weight excluding hydrogens is 456 g/mol. The molecule has 5 atom stereocenters. The van der Waals surface area contributed by atoms with Crippen molar-refractivity contribution in [3.05, 3.63) is 36.4 Å². The first kappa shape index (κ1) is 27.7. The first-order valence-corrected chi connectivity index (χ1v) is 13.4. The van der Waals surface area contributed by atoms with Crippen molar-refractivity contribution in [1.29, 1.82) is 0 Å². The van der Waals surface area contributed by atoms with Crippen LogP contribution in [0.4, 0.5) is 11.4 Å². The summed E-state index contributed by atoms with van der Waals surface area (Å²) in [6, 6.07) is 7.05. The fourth-order valence-electron chi connectivity index (χ4n) is 5.83. The van der Waals surface area contributed by atoms with E-state index in [9.17, 15) is 19.5 Å². The van der Waals surface area contributed by atoms with Gasteiger partial charge in [-0.05, 0) is 63.3 Å². The average Bonchev–Trinajstić information content (AvgIpc) is 3.17. The minimum Gasteiger partial charge on any atom is -0.396 e. The topological polar surface area (TPSA) is 102 Å². The molecule has 0 spiro atoms. The highest BCUT2D eigenvalue weighted by molar-refractivity contribution is 6.02. The van der Waals surface area contributed by atoms with E-state index in [0.29, 0.717) is 25.1 Å². The number of anilines is 2. The molecule has 1 aromatic carbocycles. The van der Waals surface area contributed by atoms with Crippen LogP contribution in [0.5, 0.6) is 0 Å². The number of rotatable bonds is 12. The van der Waals surface area contributed by atoms with Gasteiger partial charge in [0.15, 0.2) is 0 Å². The van der Waals surface area contributed by atoms with Crippen molar-refractivity contribution in [2.24, 2.45) is 23.7 Å². The van der Waals surface area contributed by atoms with Gasteiger partial charge in [0.2, 0.25) is 17.7 Å². The predicted molar refractivity (Wildman–Crippen MR) is 143 cm³/mol. The zero-order valence-electron chi connectivity index (χ0n) is 22.1. The van der Waals surface area contributed by atoms with Gasteiger partial charge in [-0.25, -0.2) is 0 Å². The highest BCUT2D eigenvalue weighted by Gasteiger charge is 2.56. The Bertz CT molecular complexity index is 928. The van der Waals surface area contributed by atoms with E-state index >= 15 is 0 Å². The second-order valence-corrected chi connectivity index (χ2v) is 9.70. The standard InChI is InChI=1S/C28H42N4O4/c1-5-10-19-11-16-22-24(23(19)26(34)29-4)28(36)32(17-8-9-18-33)25(22)27(35)30-20-12-14-21(15-13-20)31(6-2)7-3/h11-16,19,22-25,33H,5-10,17-18H2,1-4H3,(H,29,34)(H,30,35)/t19-,22+,23-,24-,25+/m1/s1. The molecule has 2 aliphatic rings. The Balaban J connectivity index is 1.89. The van der Waals surface area contributed by atoms with Gasteiger partial charge in [-0.2, -0.15) is 0 Å². The van der Waals surface area contributed by atoms with Gasteiger partial charge >= 0.3 is 0 Å². The monoisotopic (exact) mass is 498 g/mol. The second-order valence-electron chi connectivity index (χ2n) is 9.70. The summed E-state index contributed by atoms with van der Waals surface area (Å²) in [6.45, 7) is 8.48. The van der Waals surface area contributed by atoms with E-state index in [4.69, 9.17) is 0 Å². The van der Waals surface area contributed by atoms with Gasteiger partial charge in [0.05, 0.1) is 11.8 Å². The van der Waals surface area contributed by atoms with E-state index in [1.54, 1.807) is 11.9 Å². The van der Waals surface area contributed by atoms with Crippen LogP contribution in [0.25, 0.3) is 0 Å². The molecule has 1 aliphatic heterocycles. The van der Waals surface area contributed by atoms with Crippen molar-refractivity contribution in [3.63, 3.8) is 0 Å². The molecule has 3 rings (SSSR count). The first-order chi connectivity index (χ1) is 17.4. The summed E-state index contributed by atoms with van der Waals surface area (Å²) in [6.07, 6.45) is 6.88. The number of nitrogens with one attached hydrogen (secondary N) is 2. The molecule has 1 fully saturated rings. The number of benzene rings is 1. The van der Waals surface area contributed by atoms with Crippen molar-refractivity contribution in [2.75, 3.05) is 43.5 Å². The van der Waals surface area contributed by atoms with Crippen LogP contribution in [0.3, 0.4) is 0 Å². The lowest BCUT2D eigenvalue weighted by atomic mass is 9.68. The molecule has 8 nitrogen and oxygen atoms in total. The Morgan fingerprint density at radius 2 is 1.72 bits per heavy atom. The molecule has 0 saturated carbocycles. The van der Waals surface area contributed by atoms with Crippen LogP contribution >= 0.6 is 0 Å². The summed E-state index contributed by atoms with van der Waals surface area (Å²) in [5, 5.41) is 15.0. The van der Waals surface area contributed by atoms with Crippen LogP contribution < -0.4 is 15.5 Å². The van der Waals surface area contributed by atoms with Crippen molar-refractivity contribution in [1.82, 2.24) is 10.2 Å². The minimum atomic E-state index is -0.699. The molecule has 8 heteroatoms. The van der Waals surface area contributed by atoms with Gasteiger partial charge in [-0.3, -0.25) is 14.4 Å². The van der Waals surface area contributed by atoms with Crippen LogP contribution in [0.1, 0.15) is 46.5 Å². The van der Waals surface area contributed by atoms with Crippen molar-refractivity contribution >= 4 is 29.1 Å². The Morgan fingerprint density at radius 1 is 1.03 bits per heavy atom. The summed E-state index contributed by atoms with van der Waals surface area (Å²) in [5.41, 5.74) is 1.76. The van der Waals surface area contributed by atoms with Crippen LogP contribution in [0, 0.1) is 23.7 Å². The fraction of sp³-hybridized carbons (Fsp3) is 0.607. The molecule has 0 aromatic heterocycles. The van der Waals surface area contributed by atoms with E-state index in [1.807, 2.05) is 36.4 Å². The number of nitrogens with zero attached hydrogens (tertiary/aromatic N) is 2. The molecule has 1 aromatic rings. The minimum absolute atomic E-state index is 0.0317. The highest BCUT2D eigenvalue weighted by atomic mass is 16.3. The average molecular weight is 499 g/mol. The Morgan fingerprint density at radius 3 is 2.31 bits per heavy atom. The highest BCUT2D eigenvalue weighted by Crippen LogP contribution is 2.45. The maximum absolute atomic E-state index is 13.7. The molecule has 1 saturated heterocycles. The normalized spacial score (nSPS) is 25.0. The maximum atomic E-state index is 13.7. The van der Waals surface area contributed by atoms with Crippen LogP contribution in [-0.2, 0) is 14.4 Å². The summed E-state index contributed by atoms with van der Waals surface area (Å²) in [5.74, 6) is -2.01. The number of likely N-dealkylation sites (tertiary alicyclic amines) is 1. The van der Waals surface area contributed by atoms with E-state index in [0.717, 1.165) is 31.6 Å². The predicted octanol–water partition coefficient (Wildman–Crippen LogP) is 3.04. The van der Waals surface area contributed by atoms with E-state index in [2.05, 4.69) is 36.3 Å². The number of carbonyl (C=O) groups is 3. The van der Waals surface area contributed by atoms with Crippen LogP contribution in [0.2, 0.25) is 0 Å². The van der Waals surface area contributed by atoms with E-state index in [1.165, 1.54) is 0 Å². The van der Waals surface area contributed by atoms with Gasteiger partial charge in [0.25, 0.3) is 0 Å². The lowest BCUT2D eigenvalue weighted by Crippen LogP contribution is -2.45. The summed E-state index contributed by atoms with van der Waals surface area (Å²) in [7, 11) is 1.60. The SMILES string of the molecule is CCC[C@@H]1C=C[C@H]2[C@@H](C(=O)N(CCCCO)[C@@H]2C(=O)Nc2ccc(N(CC)CC)cc2)[C@@H]1C(=O)NC. The molecular formula is C28H42N4O4. The molecule has 1 heterocycles. The summed E-state index contributed by atoms with van der Waals surface area (Å²) in [4.78, 5) is 44.2. The molecule has 3 N–H and O–H groups in total. The van der Waals surface area contributed by atoms with Gasteiger partial charge in [-0.1, -0.05) is 25.5 Å². The molecule has 1 aliphatic carbocycles. The molecule has 198 valence electrons. The number of amides is 3. The Labute approximate surface area is 215 Å². The zero-order chi connectivity index (χ0) is 26.2. The number of aliphatic hydroxyl groups is 1. The number of hydrogen-bond acceptors (Lipinski definition) is 5. The number of carbonyl (C=O) groups excluding carboxylic acids is 3. The quantitative estimate of drug-likeness (QED) is 0.304. The van der Waals surface area contributed by atoms with Gasteiger partial charge in [0, 0.05) is 50.6 Å². The number of aliphatic hydroxyl groups excluding tert-OH is 1. The van der Waals surface area contributed by atoms with Crippen molar-refractivity contribution in [2.45, 2.75) is 52.5 Å². The number of fused-ring (bicyclic) bond motifs is 1. The Kier molecular flexibility index (Phi) is 9.93. The summed E-state index contributed by atoms with van der Waals surface area (Å²) >= 11 is 0. The third-order valence-corrected chi connectivity index (χ3v) is 7.62. The van der Waals surface area contributed by atoms with Crippen molar-refractivity contribution in [3.8, 4) is 0 Å². The number of allylic oxidation sites excluding steroid dienone is 1. The van der Waals surface area contributed by atoms with E-state index < -0.39 is 17.9 Å². The summed E-state index contributed by atoms with van der Waals surface area (Å²) < 4.78 is 0. The largest absolute Gasteiger partial charge is 0.396 e. The smallest absolute Gasteiger partial charge is 0.247 e. The van der Waals surface area contributed by atoms with Gasteiger partial charge in [0.1, 0.15) is 6.04 Å². The van der Waals surface area contributed by atoms with Gasteiger partial charge < -0.3 is 25.5 Å². The maximum Gasteiger partial charge on any atom is 0.247 e. The third-order valence-electron chi connectivity index (χ3n) is 7.62. The number of hydrogen-bond donors (Lipinski definition) is 3. The third kappa shape index (κ3) is 5.75. The zero-order valence-corrected chi connectivity index (χ0v) is 22.1. The van der Waals surface area contributed by atoms with Crippen LogP contribution in [-0.4, -0.2) is 67.1 Å². The second kappa shape index (κ2) is 12.9. The molecule has 0 radical (unpaired) electrons. The molecule has 0 unspecified atom stereocenters.